The molecule has 0 bridgehead atoms. The predicted octanol–water partition coefficient (Wildman–Crippen LogP) is 3.70. The van der Waals surface area contributed by atoms with Gasteiger partial charge in [0.15, 0.2) is 0 Å². The fraction of sp³-hybridized carbons (Fsp3) is 0.133. The molecule has 2 N–H and O–H groups in total. The molecule has 0 fully saturated rings. The van der Waals surface area contributed by atoms with Crippen LogP contribution < -0.4 is 10.1 Å². The molecule has 1 aromatic heterocycles. The number of H-pyrrole nitrogens is 1. The van der Waals surface area contributed by atoms with Gasteiger partial charge < -0.3 is 10.1 Å². The van der Waals surface area contributed by atoms with E-state index < -0.39 is 0 Å². The van der Waals surface area contributed by atoms with Crippen LogP contribution in [-0.2, 0) is 13.2 Å². The van der Waals surface area contributed by atoms with Crippen LogP contribution in [0.1, 0.15) is 11.1 Å². The number of halogens is 2. The van der Waals surface area contributed by atoms with E-state index in [0.29, 0.717) is 29.1 Å². The molecule has 0 aliphatic carbocycles. The SMILES string of the molecule is Clc1ccc(COc2ccc(Cl)cc2CNc2nn[nH]n2)cc1. The van der Waals surface area contributed by atoms with Crippen molar-refractivity contribution in [2.45, 2.75) is 13.2 Å². The minimum absolute atomic E-state index is 0.411. The number of hydrogen-bond acceptors (Lipinski definition) is 5. The Labute approximate surface area is 142 Å². The van der Waals surface area contributed by atoms with Crippen molar-refractivity contribution in [1.82, 2.24) is 20.6 Å². The lowest BCUT2D eigenvalue weighted by molar-refractivity contribution is 0.303. The van der Waals surface area contributed by atoms with E-state index >= 15 is 0 Å². The Morgan fingerprint density at radius 1 is 1.04 bits per heavy atom. The highest BCUT2D eigenvalue weighted by atomic mass is 35.5. The Hall–Kier alpha value is -2.31. The first-order valence-corrected chi connectivity index (χ1v) is 7.59. The first kappa shape index (κ1) is 15.6. The van der Waals surface area contributed by atoms with Crippen LogP contribution in [0.5, 0.6) is 5.75 Å². The second kappa shape index (κ2) is 7.30. The number of rotatable bonds is 6. The lowest BCUT2D eigenvalue weighted by atomic mass is 10.2. The molecule has 0 saturated heterocycles. The molecular formula is C15H13Cl2N5O. The zero-order valence-electron chi connectivity index (χ0n) is 12.0. The van der Waals surface area contributed by atoms with E-state index in [2.05, 4.69) is 25.9 Å². The van der Waals surface area contributed by atoms with Crippen molar-refractivity contribution in [3.8, 4) is 5.75 Å². The van der Waals surface area contributed by atoms with Gasteiger partial charge in [0.25, 0.3) is 5.95 Å². The highest BCUT2D eigenvalue weighted by molar-refractivity contribution is 6.30. The number of aromatic nitrogens is 4. The Bertz CT molecular complexity index is 762. The molecule has 0 unspecified atom stereocenters. The molecule has 2 aromatic carbocycles. The van der Waals surface area contributed by atoms with Crippen LogP contribution in [0.3, 0.4) is 0 Å². The van der Waals surface area contributed by atoms with Crippen LogP contribution in [0, 0.1) is 0 Å². The molecule has 0 aliphatic heterocycles. The van der Waals surface area contributed by atoms with Gasteiger partial charge in [-0.1, -0.05) is 40.4 Å². The molecule has 0 spiro atoms. The first-order valence-electron chi connectivity index (χ1n) is 6.84. The number of benzene rings is 2. The molecule has 23 heavy (non-hydrogen) atoms. The third-order valence-corrected chi connectivity index (χ3v) is 3.60. The summed E-state index contributed by atoms with van der Waals surface area (Å²) in [5, 5.41) is 17.9. The number of nitrogens with one attached hydrogen (secondary N) is 2. The number of nitrogens with zero attached hydrogens (tertiary/aromatic N) is 3. The van der Waals surface area contributed by atoms with E-state index in [1.165, 1.54) is 0 Å². The molecule has 3 rings (SSSR count). The topological polar surface area (TPSA) is 75.7 Å². The Morgan fingerprint density at radius 2 is 1.83 bits per heavy atom. The number of ether oxygens (including phenoxy) is 1. The van der Waals surface area contributed by atoms with Gasteiger partial charge in [0.05, 0.1) is 0 Å². The van der Waals surface area contributed by atoms with E-state index in [1.54, 1.807) is 6.07 Å². The third kappa shape index (κ3) is 4.34. The normalized spacial score (nSPS) is 10.5. The zero-order valence-corrected chi connectivity index (χ0v) is 13.5. The number of hydrogen-bond donors (Lipinski definition) is 2. The molecule has 0 amide bonds. The maximum atomic E-state index is 6.06. The van der Waals surface area contributed by atoms with Gasteiger partial charge in [0.2, 0.25) is 0 Å². The quantitative estimate of drug-likeness (QED) is 0.709. The molecule has 0 saturated carbocycles. The maximum absolute atomic E-state index is 6.06. The average Bonchev–Trinajstić information content (AvgIpc) is 3.07. The molecule has 0 aliphatic rings. The number of anilines is 1. The highest BCUT2D eigenvalue weighted by Gasteiger charge is 2.07. The minimum Gasteiger partial charge on any atom is -0.489 e. The summed E-state index contributed by atoms with van der Waals surface area (Å²) in [4.78, 5) is 0. The lowest BCUT2D eigenvalue weighted by Gasteiger charge is -2.12. The van der Waals surface area contributed by atoms with Crippen LogP contribution in [-0.4, -0.2) is 20.6 Å². The fourth-order valence-corrected chi connectivity index (χ4v) is 2.30. The monoisotopic (exact) mass is 349 g/mol. The van der Waals surface area contributed by atoms with Crippen LogP contribution in [0.2, 0.25) is 10.0 Å². The summed E-state index contributed by atoms with van der Waals surface area (Å²) in [7, 11) is 0. The standard InChI is InChI=1S/C15H13Cl2N5O/c16-12-3-1-10(2-4-12)9-23-14-6-5-13(17)7-11(14)8-18-15-19-21-22-20-15/h1-7H,8-9H2,(H2,18,19,20,21,22). The summed E-state index contributed by atoms with van der Waals surface area (Å²) >= 11 is 11.9. The Kier molecular flexibility index (Phi) is 4.95. The Morgan fingerprint density at radius 3 is 2.57 bits per heavy atom. The fourth-order valence-electron chi connectivity index (χ4n) is 1.98. The molecule has 0 atom stereocenters. The van der Waals surface area contributed by atoms with Gasteiger partial charge in [-0.25, -0.2) is 0 Å². The Balaban J connectivity index is 1.69. The molecule has 8 heteroatoms. The van der Waals surface area contributed by atoms with Gasteiger partial charge in [-0.2, -0.15) is 5.21 Å². The molecule has 0 radical (unpaired) electrons. The van der Waals surface area contributed by atoms with E-state index in [4.69, 9.17) is 27.9 Å². The van der Waals surface area contributed by atoms with Gasteiger partial charge in [-0.15, -0.1) is 5.10 Å². The summed E-state index contributed by atoms with van der Waals surface area (Å²) in [5.41, 5.74) is 1.93. The average molecular weight is 350 g/mol. The van der Waals surface area contributed by atoms with E-state index in [0.717, 1.165) is 16.9 Å². The third-order valence-electron chi connectivity index (χ3n) is 3.11. The van der Waals surface area contributed by atoms with Crippen LogP contribution in [0.15, 0.2) is 42.5 Å². The first-order chi connectivity index (χ1) is 11.2. The van der Waals surface area contributed by atoms with Crippen LogP contribution in [0.4, 0.5) is 5.95 Å². The summed E-state index contributed by atoms with van der Waals surface area (Å²) < 4.78 is 5.88. The largest absolute Gasteiger partial charge is 0.489 e. The van der Waals surface area contributed by atoms with E-state index in [9.17, 15) is 0 Å². The smallest absolute Gasteiger partial charge is 0.263 e. The second-order valence-corrected chi connectivity index (χ2v) is 5.63. The highest BCUT2D eigenvalue weighted by Crippen LogP contribution is 2.24. The van der Waals surface area contributed by atoms with Gasteiger partial charge >= 0.3 is 0 Å². The number of aromatic amines is 1. The zero-order chi connectivity index (χ0) is 16.1. The van der Waals surface area contributed by atoms with Gasteiger partial charge in [0, 0.05) is 22.2 Å². The van der Waals surface area contributed by atoms with Crippen molar-refractivity contribution in [1.29, 1.82) is 0 Å². The van der Waals surface area contributed by atoms with Crippen LogP contribution in [0.25, 0.3) is 0 Å². The van der Waals surface area contributed by atoms with Crippen molar-refractivity contribution < 1.29 is 4.74 Å². The van der Waals surface area contributed by atoms with E-state index in [-0.39, 0.29) is 0 Å². The van der Waals surface area contributed by atoms with Crippen molar-refractivity contribution in [3.63, 3.8) is 0 Å². The van der Waals surface area contributed by atoms with Crippen molar-refractivity contribution in [3.05, 3.63) is 63.6 Å². The van der Waals surface area contributed by atoms with Gasteiger partial charge in [0.1, 0.15) is 12.4 Å². The van der Waals surface area contributed by atoms with E-state index in [1.807, 2.05) is 36.4 Å². The summed E-state index contributed by atoms with van der Waals surface area (Å²) in [6.07, 6.45) is 0. The molecular weight excluding hydrogens is 337 g/mol. The second-order valence-electron chi connectivity index (χ2n) is 4.76. The molecule has 118 valence electrons. The summed E-state index contributed by atoms with van der Waals surface area (Å²) in [6, 6.07) is 13.0. The maximum Gasteiger partial charge on any atom is 0.263 e. The van der Waals surface area contributed by atoms with Crippen molar-refractivity contribution in [2.24, 2.45) is 0 Å². The van der Waals surface area contributed by atoms with Gasteiger partial charge in [-0.3, -0.25) is 0 Å². The molecule has 3 aromatic rings. The molecule has 6 nitrogen and oxygen atoms in total. The minimum atomic E-state index is 0.411. The summed E-state index contributed by atoms with van der Waals surface area (Å²) in [5.74, 6) is 1.15. The van der Waals surface area contributed by atoms with Crippen molar-refractivity contribution >= 4 is 29.2 Å². The van der Waals surface area contributed by atoms with Gasteiger partial charge in [-0.05, 0) is 41.1 Å². The predicted molar refractivity (Wildman–Crippen MR) is 88.7 cm³/mol. The summed E-state index contributed by atoms with van der Waals surface area (Å²) in [6.45, 7) is 0.907. The number of tetrazole rings is 1. The van der Waals surface area contributed by atoms with Crippen LogP contribution >= 0.6 is 23.2 Å². The van der Waals surface area contributed by atoms with Crippen molar-refractivity contribution in [2.75, 3.05) is 5.32 Å². The molecule has 1 heterocycles. The lowest BCUT2D eigenvalue weighted by Crippen LogP contribution is -2.05.